The monoisotopic (exact) mass is 362 g/mol. The second-order valence-electron chi connectivity index (χ2n) is 5.59. The zero-order chi connectivity index (χ0) is 13.7. The average molecular weight is 361 g/mol. The van der Waals surface area contributed by atoms with Crippen molar-refractivity contribution in [2.75, 3.05) is 6.61 Å². The number of aliphatic hydroxyl groups is 1. The number of rotatable bonds is 12. The fourth-order valence-electron chi connectivity index (χ4n) is 2.62. The molecule has 0 aromatic rings. The van der Waals surface area contributed by atoms with Gasteiger partial charge in [-0.25, -0.2) is 0 Å². The average Bonchev–Trinajstić information content (AvgIpc) is 2.40. The topological polar surface area (TPSA) is 20.2 Å². The summed E-state index contributed by atoms with van der Waals surface area (Å²) in [6.45, 7) is 7.25. The molecule has 0 aliphatic rings. The molecule has 0 saturated carbocycles. The van der Waals surface area contributed by atoms with E-state index in [1.54, 1.807) is 0 Å². The molecular formula is C16H34OSn. The summed E-state index contributed by atoms with van der Waals surface area (Å²) in [6, 6.07) is 0. The van der Waals surface area contributed by atoms with Crippen LogP contribution in [0, 0.1) is 0 Å². The van der Waals surface area contributed by atoms with Crippen LogP contribution < -0.4 is 0 Å². The number of hydrogen-bond acceptors (Lipinski definition) is 1. The van der Waals surface area contributed by atoms with Gasteiger partial charge in [0.1, 0.15) is 0 Å². The summed E-state index contributed by atoms with van der Waals surface area (Å²) in [4.78, 5) is 0. The molecule has 0 unspecified atom stereocenters. The molecule has 0 aliphatic heterocycles. The molecular weight excluding hydrogens is 327 g/mol. The van der Waals surface area contributed by atoms with E-state index in [4.69, 9.17) is 5.11 Å². The summed E-state index contributed by atoms with van der Waals surface area (Å²) in [7, 11) is 0. The first-order valence-corrected chi connectivity index (χ1v) is 15.7. The van der Waals surface area contributed by atoms with Gasteiger partial charge in [0, 0.05) is 0 Å². The van der Waals surface area contributed by atoms with Gasteiger partial charge in [0.05, 0.1) is 0 Å². The molecule has 2 heteroatoms. The SMILES string of the molecule is CCC[CH2][Sn](/[CH]=C/CCO)([CH2]CCC)[CH2]CCC. The van der Waals surface area contributed by atoms with E-state index >= 15 is 0 Å². The zero-order valence-electron chi connectivity index (χ0n) is 12.9. The molecule has 0 amide bonds. The van der Waals surface area contributed by atoms with E-state index in [2.05, 4.69) is 30.9 Å². The minimum atomic E-state index is -2.01. The van der Waals surface area contributed by atoms with Crippen LogP contribution in [0.5, 0.6) is 0 Å². The molecule has 0 aromatic carbocycles. The van der Waals surface area contributed by atoms with E-state index in [0.29, 0.717) is 6.61 Å². The first kappa shape index (κ1) is 18.5. The predicted octanol–water partition coefficient (Wildman–Crippen LogP) is 5.31. The number of aliphatic hydroxyl groups excluding tert-OH is 1. The Kier molecular flexibility index (Phi) is 12.9. The summed E-state index contributed by atoms with van der Waals surface area (Å²) >= 11 is -2.01. The molecule has 18 heavy (non-hydrogen) atoms. The molecule has 0 aliphatic carbocycles. The Balaban J connectivity index is 4.61. The van der Waals surface area contributed by atoms with Gasteiger partial charge in [0.2, 0.25) is 0 Å². The van der Waals surface area contributed by atoms with Crippen molar-refractivity contribution >= 4 is 18.4 Å². The quantitative estimate of drug-likeness (QED) is 0.467. The van der Waals surface area contributed by atoms with Crippen molar-refractivity contribution < 1.29 is 5.11 Å². The first-order valence-electron chi connectivity index (χ1n) is 8.03. The third-order valence-electron chi connectivity index (χ3n) is 3.85. The Bertz CT molecular complexity index is 179. The standard InChI is InChI=1S/C4H7O.3C4H9.Sn/c1-2-3-4-5;3*1-3-4-2;/h1-2,5H,3-4H2;3*1,3-4H2,2H3;. The molecule has 0 aromatic heterocycles. The Morgan fingerprint density at radius 3 is 1.61 bits per heavy atom. The third kappa shape index (κ3) is 8.57. The van der Waals surface area contributed by atoms with E-state index < -0.39 is 18.4 Å². The molecule has 0 rings (SSSR count). The van der Waals surface area contributed by atoms with Crippen molar-refractivity contribution in [3.63, 3.8) is 0 Å². The predicted molar refractivity (Wildman–Crippen MR) is 85.7 cm³/mol. The Morgan fingerprint density at radius 1 is 0.833 bits per heavy atom. The van der Waals surface area contributed by atoms with Crippen LogP contribution >= 0.6 is 0 Å². The van der Waals surface area contributed by atoms with Gasteiger partial charge < -0.3 is 0 Å². The van der Waals surface area contributed by atoms with Crippen molar-refractivity contribution in [1.82, 2.24) is 0 Å². The number of hydrogen-bond donors (Lipinski definition) is 1. The fourth-order valence-corrected chi connectivity index (χ4v) is 17.1. The van der Waals surface area contributed by atoms with Crippen molar-refractivity contribution in [2.45, 2.75) is 79.0 Å². The fraction of sp³-hybridized carbons (Fsp3) is 0.875. The van der Waals surface area contributed by atoms with Crippen LogP contribution in [0.3, 0.4) is 0 Å². The normalized spacial score (nSPS) is 12.4. The second-order valence-corrected chi connectivity index (χ2v) is 18.6. The van der Waals surface area contributed by atoms with E-state index in [1.807, 2.05) is 0 Å². The third-order valence-corrected chi connectivity index (χ3v) is 18.1. The number of unbranched alkanes of at least 4 members (excludes halogenated alkanes) is 3. The molecule has 0 bridgehead atoms. The summed E-state index contributed by atoms with van der Waals surface area (Å²) in [5.74, 6) is 0. The first-order chi connectivity index (χ1) is 8.74. The van der Waals surface area contributed by atoms with Gasteiger partial charge in [-0.05, 0) is 0 Å². The molecule has 0 spiro atoms. The van der Waals surface area contributed by atoms with Crippen LogP contribution in [0.25, 0.3) is 0 Å². The zero-order valence-corrected chi connectivity index (χ0v) is 15.7. The maximum absolute atomic E-state index is 8.96. The van der Waals surface area contributed by atoms with E-state index in [9.17, 15) is 0 Å². The Labute approximate surface area is 119 Å². The second kappa shape index (κ2) is 12.5. The van der Waals surface area contributed by atoms with Crippen LogP contribution in [0.4, 0.5) is 0 Å². The van der Waals surface area contributed by atoms with E-state index in [-0.39, 0.29) is 0 Å². The molecule has 0 saturated heterocycles. The molecule has 1 N–H and O–H groups in total. The Hall–Kier alpha value is 0.499. The molecule has 108 valence electrons. The Morgan fingerprint density at radius 2 is 1.28 bits per heavy atom. The van der Waals surface area contributed by atoms with Crippen LogP contribution in [-0.4, -0.2) is 30.1 Å². The van der Waals surface area contributed by atoms with Gasteiger partial charge in [0.15, 0.2) is 0 Å². The van der Waals surface area contributed by atoms with E-state index in [1.165, 1.54) is 51.8 Å². The van der Waals surface area contributed by atoms with Crippen molar-refractivity contribution in [3.05, 3.63) is 10.2 Å². The van der Waals surface area contributed by atoms with Gasteiger partial charge in [-0.3, -0.25) is 0 Å². The summed E-state index contributed by atoms with van der Waals surface area (Å²) < 4.78 is 7.25. The minimum absolute atomic E-state index is 0.313. The van der Waals surface area contributed by atoms with Gasteiger partial charge >= 0.3 is 119 Å². The van der Waals surface area contributed by atoms with Gasteiger partial charge in [-0.15, -0.1) is 0 Å². The van der Waals surface area contributed by atoms with Crippen LogP contribution in [0.1, 0.15) is 65.7 Å². The van der Waals surface area contributed by atoms with Gasteiger partial charge in [-0.1, -0.05) is 0 Å². The molecule has 0 fully saturated rings. The van der Waals surface area contributed by atoms with Crippen LogP contribution in [0.2, 0.25) is 13.3 Å². The van der Waals surface area contributed by atoms with Crippen LogP contribution in [0.15, 0.2) is 10.2 Å². The summed E-state index contributed by atoms with van der Waals surface area (Å²) in [5.41, 5.74) is 0. The maximum atomic E-state index is 8.96. The summed E-state index contributed by atoms with van der Waals surface area (Å²) in [6.07, 6.45) is 11.5. The van der Waals surface area contributed by atoms with Gasteiger partial charge in [0.25, 0.3) is 0 Å². The van der Waals surface area contributed by atoms with Crippen LogP contribution in [-0.2, 0) is 0 Å². The molecule has 0 radical (unpaired) electrons. The van der Waals surface area contributed by atoms with Crippen molar-refractivity contribution in [2.24, 2.45) is 0 Å². The van der Waals surface area contributed by atoms with Gasteiger partial charge in [-0.2, -0.15) is 0 Å². The summed E-state index contributed by atoms with van der Waals surface area (Å²) in [5, 5.41) is 8.96. The molecule has 0 atom stereocenters. The molecule has 0 heterocycles. The molecule has 1 nitrogen and oxygen atoms in total. The van der Waals surface area contributed by atoms with Crippen molar-refractivity contribution in [1.29, 1.82) is 0 Å². The van der Waals surface area contributed by atoms with Crippen molar-refractivity contribution in [3.8, 4) is 0 Å². The van der Waals surface area contributed by atoms with E-state index in [0.717, 1.165) is 6.42 Å².